The van der Waals surface area contributed by atoms with Gasteiger partial charge in [0.2, 0.25) is 0 Å². The molecule has 11 rings (SSSR count). The van der Waals surface area contributed by atoms with E-state index in [1.165, 1.54) is 0 Å². The highest BCUT2D eigenvalue weighted by Gasteiger charge is 2.26. The Kier molecular flexibility index (Phi) is 8.66. The predicted molar refractivity (Wildman–Crippen MR) is 242 cm³/mol. The zero-order valence-electron chi connectivity index (χ0n) is 31.2. The van der Waals surface area contributed by atoms with Crippen LogP contribution in [0.5, 0.6) is 0 Å². The van der Waals surface area contributed by atoms with E-state index in [9.17, 15) is 5.26 Å². The summed E-state index contributed by atoms with van der Waals surface area (Å²) in [6, 6.07) is 69.0. The summed E-state index contributed by atoms with van der Waals surface area (Å²) >= 11 is 0. The van der Waals surface area contributed by atoms with Crippen molar-refractivity contribution in [1.82, 2.24) is 14.5 Å². The molecule has 5 nitrogen and oxygen atoms in total. The van der Waals surface area contributed by atoms with E-state index in [0.29, 0.717) is 22.8 Å². The molecule has 0 saturated carbocycles. The van der Waals surface area contributed by atoms with Gasteiger partial charge in [-0.1, -0.05) is 171 Å². The molecule has 11 aromatic rings. The summed E-state index contributed by atoms with van der Waals surface area (Å²) < 4.78 is 9.20. The van der Waals surface area contributed by atoms with Crippen LogP contribution in [0, 0.1) is 11.3 Å². The molecule has 3 heterocycles. The quantitative estimate of drug-likeness (QED) is 0.169. The van der Waals surface area contributed by atoms with Crippen LogP contribution in [0.25, 0.3) is 106 Å². The largest absolute Gasteiger partial charge is 0.454 e. The Hall–Kier alpha value is -8.07. The summed E-state index contributed by atoms with van der Waals surface area (Å²) in [6.07, 6.45) is 0. The number of aromatic nitrogens is 3. The molecule has 0 aliphatic rings. The molecular weight excluding hydrogens is 721 g/mol. The topological polar surface area (TPSA) is 67.6 Å². The summed E-state index contributed by atoms with van der Waals surface area (Å²) in [7, 11) is 0. The molecule has 0 N–H and O–H groups in total. The molecule has 0 aliphatic heterocycles. The van der Waals surface area contributed by atoms with Gasteiger partial charge in [-0.25, -0.2) is 9.97 Å². The van der Waals surface area contributed by atoms with Gasteiger partial charge in [-0.3, -0.25) is 0 Å². The lowest BCUT2D eigenvalue weighted by atomic mass is 9.92. The van der Waals surface area contributed by atoms with Crippen LogP contribution in [0.15, 0.2) is 199 Å². The zero-order chi connectivity index (χ0) is 38.6. The molecule has 0 aliphatic carbocycles. The van der Waals surface area contributed by atoms with Crippen LogP contribution in [-0.2, 0) is 0 Å². The van der Waals surface area contributed by atoms with Gasteiger partial charge >= 0.3 is 0 Å². The lowest BCUT2D eigenvalue weighted by Crippen LogP contribution is -2.04. The van der Waals surface area contributed by atoms with Crippen molar-refractivity contribution < 1.29 is 4.42 Å². The third kappa shape index (κ3) is 5.78. The van der Waals surface area contributed by atoms with Gasteiger partial charge in [0.05, 0.1) is 28.1 Å². The number of nitriles is 1. The third-order valence-electron chi connectivity index (χ3n) is 11.1. The maximum Gasteiger partial charge on any atom is 0.160 e. The number of furan rings is 1. The Morgan fingerprint density at radius 1 is 0.458 bits per heavy atom. The Morgan fingerprint density at radius 2 is 0.932 bits per heavy atom. The standard InChI is InChI=1S/C53H32N4O.CH4/c54-33-45-48(36-21-9-3-10-22-36)55-53(56-49(45)37-23-11-4-12-24-37)38-31-43(34-17-5-1-6-18-34)50(44(32-38)35-19-7-2-8-20-35)57-46-27-15-13-25-39(46)41-29-30-42-40-26-14-16-28-47(40)58-52(42)51(41)57;/h1-32H;1H4. The molecule has 0 atom stereocenters. The van der Waals surface area contributed by atoms with E-state index in [2.05, 4.69) is 120 Å². The van der Waals surface area contributed by atoms with Crippen molar-refractivity contribution in [3.05, 3.63) is 200 Å². The van der Waals surface area contributed by atoms with Crippen LogP contribution >= 0.6 is 0 Å². The van der Waals surface area contributed by atoms with Gasteiger partial charge in [0.25, 0.3) is 0 Å². The van der Waals surface area contributed by atoms with Crippen molar-refractivity contribution in [1.29, 1.82) is 5.26 Å². The molecule has 59 heavy (non-hydrogen) atoms. The van der Waals surface area contributed by atoms with Crippen molar-refractivity contribution in [2.24, 2.45) is 0 Å². The molecule has 278 valence electrons. The monoisotopic (exact) mass is 756 g/mol. The van der Waals surface area contributed by atoms with Gasteiger partial charge in [-0.05, 0) is 41.5 Å². The van der Waals surface area contributed by atoms with Crippen molar-refractivity contribution >= 4 is 43.7 Å². The first-order valence-corrected chi connectivity index (χ1v) is 19.3. The van der Waals surface area contributed by atoms with Crippen molar-refractivity contribution in [3.8, 4) is 67.9 Å². The fourth-order valence-corrected chi connectivity index (χ4v) is 8.45. The molecular formula is C54H36N4O. The average Bonchev–Trinajstić information content (AvgIpc) is 3.85. The molecule has 8 aromatic carbocycles. The number of hydrogen-bond donors (Lipinski definition) is 0. The van der Waals surface area contributed by atoms with E-state index in [-0.39, 0.29) is 7.43 Å². The summed E-state index contributed by atoms with van der Waals surface area (Å²) in [6.45, 7) is 0. The fourth-order valence-electron chi connectivity index (χ4n) is 8.45. The summed E-state index contributed by atoms with van der Waals surface area (Å²) in [5.74, 6) is 0.527. The van der Waals surface area contributed by atoms with Crippen LogP contribution in [0.2, 0.25) is 0 Å². The SMILES string of the molecule is C.N#Cc1c(-c2ccccc2)nc(-c2cc(-c3ccccc3)c(-n3c4ccccc4c4ccc5c6ccccc6oc5c43)c(-c3ccccc3)c2)nc1-c1ccccc1. The molecule has 0 saturated heterocycles. The molecule has 0 spiro atoms. The van der Waals surface area contributed by atoms with Gasteiger partial charge in [-0.15, -0.1) is 0 Å². The van der Waals surface area contributed by atoms with E-state index in [1.54, 1.807) is 0 Å². The third-order valence-corrected chi connectivity index (χ3v) is 11.1. The summed E-state index contributed by atoms with van der Waals surface area (Å²) in [4.78, 5) is 10.5. The Labute approximate surface area is 341 Å². The molecule has 0 amide bonds. The van der Waals surface area contributed by atoms with E-state index in [0.717, 1.165) is 88.4 Å². The lowest BCUT2D eigenvalue weighted by molar-refractivity contribution is 0.671. The van der Waals surface area contributed by atoms with Gasteiger partial charge in [0.15, 0.2) is 11.4 Å². The highest BCUT2D eigenvalue weighted by molar-refractivity contribution is 6.22. The summed E-state index contributed by atoms with van der Waals surface area (Å²) in [5, 5.41) is 15.1. The molecule has 0 fully saturated rings. The van der Waals surface area contributed by atoms with E-state index >= 15 is 0 Å². The lowest BCUT2D eigenvalue weighted by Gasteiger charge is -2.21. The molecule has 5 heteroatoms. The maximum atomic E-state index is 10.7. The van der Waals surface area contributed by atoms with Crippen LogP contribution < -0.4 is 0 Å². The first kappa shape index (κ1) is 35.4. The normalized spacial score (nSPS) is 11.2. The van der Waals surface area contributed by atoms with E-state index < -0.39 is 0 Å². The highest BCUT2D eigenvalue weighted by Crippen LogP contribution is 2.46. The Bertz CT molecular complexity index is 3260. The average molecular weight is 757 g/mol. The Morgan fingerprint density at radius 3 is 1.49 bits per heavy atom. The first-order chi connectivity index (χ1) is 28.7. The van der Waals surface area contributed by atoms with Gasteiger partial charge in [-0.2, -0.15) is 5.26 Å². The number of benzene rings is 8. The van der Waals surface area contributed by atoms with Crippen LogP contribution in [0.3, 0.4) is 0 Å². The number of fused-ring (bicyclic) bond motifs is 7. The number of para-hydroxylation sites is 2. The van der Waals surface area contributed by atoms with Gasteiger partial charge < -0.3 is 8.98 Å². The van der Waals surface area contributed by atoms with Crippen molar-refractivity contribution in [2.45, 2.75) is 7.43 Å². The van der Waals surface area contributed by atoms with Crippen LogP contribution in [-0.4, -0.2) is 14.5 Å². The summed E-state index contributed by atoms with van der Waals surface area (Å²) in [5.41, 5.74) is 13.0. The second-order valence-corrected chi connectivity index (χ2v) is 14.4. The predicted octanol–water partition coefficient (Wildman–Crippen LogP) is 14.3. The van der Waals surface area contributed by atoms with Crippen LogP contribution in [0.1, 0.15) is 13.0 Å². The second-order valence-electron chi connectivity index (χ2n) is 14.4. The minimum atomic E-state index is 0. The van der Waals surface area contributed by atoms with E-state index in [4.69, 9.17) is 14.4 Å². The van der Waals surface area contributed by atoms with Gasteiger partial charge in [0.1, 0.15) is 17.2 Å². The minimum absolute atomic E-state index is 0. The first-order valence-electron chi connectivity index (χ1n) is 19.3. The van der Waals surface area contributed by atoms with Crippen LogP contribution in [0.4, 0.5) is 0 Å². The number of rotatable bonds is 6. The Balaban J connectivity index is 0.00000420. The highest BCUT2D eigenvalue weighted by atomic mass is 16.3. The van der Waals surface area contributed by atoms with Crippen molar-refractivity contribution in [2.75, 3.05) is 0 Å². The molecule has 0 bridgehead atoms. The number of hydrogen-bond acceptors (Lipinski definition) is 4. The zero-order valence-corrected chi connectivity index (χ0v) is 31.2. The molecule has 0 radical (unpaired) electrons. The number of nitrogens with zero attached hydrogens (tertiary/aromatic N) is 4. The maximum absolute atomic E-state index is 10.7. The molecule has 3 aromatic heterocycles. The van der Waals surface area contributed by atoms with Crippen molar-refractivity contribution in [3.63, 3.8) is 0 Å². The van der Waals surface area contributed by atoms with E-state index in [1.807, 2.05) is 84.9 Å². The van der Waals surface area contributed by atoms with Gasteiger partial charge in [0, 0.05) is 49.4 Å². The fraction of sp³-hybridized carbons (Fsp3) is 0.0185. The minimum Gasteiger partial charge on any atom is -0.454 e. The second kappa shape index (κ2) is 14.5. The smallest absolute Gasteiger partial charge is 0.160 e. The molecule has 0 unspecified atom stereocenters.